The SMILES string of the molecule is COc1ccc([C@H]2CC(=O)C3=C(C2)N=C(C)C(C(=O)OCCOc2ccccc2)[C@H]3c2ccc(O)cc2)cc1. The van der Waals surface area contributed by atoms with Gasteiger partial charge in [-0.1, -0.05) is 42.5 Å². The largest absolute Gasteiger partial charge is 0.508 e. The molecule has 1 aliphatic heterocycles. The molecule has 200 valence electrons. The molecule has 2 aliphatic rings. The molecular weight excluding hydrogens is 494 g/mol. The lowest BCUT2D eigenvalue weighted by atomic mass is 9.69. The highest BCUT2D eigenvalue weighted by atomic mass is 16.6. The van der Waals surface area contributed by atoms with E-state index in [0.29, 0.717) is 35.6 Å². The van der Waals surface area contributed by atoms with Crippen LogP contribution in [-0.2, 0) is 14.3 Å². The van der Waals surface area contributed by atoms with Gasteiger partial charge in [0.1, 0.15) is 36.4 Å². The lowest BCUT2D eigenvalue weighted by Gasteiger charge is -2.36. The van der Waals surface area contributed by atoms with Gasteiger partial charge in [-0.2, -0.15) is 0 Å². The van der Waals surface area contributed by atoms with E-state index < -0.39 is 17.8 Å². The topological polar surface area (TPSA) is 94.4 Å². The number of Topliss-reactive ketones (excluding diaryl/α,β-unsaturated/α-hetero) is 1. The number of methoxy groups -OCH3 is 1. The summed E-state index contributed by atoms with van der Waals surface area (Å²) in [4.78, 5) is 32.0. The molecule has 0 radical (unpaired) electrons. The van der Waals surface area contributed by atoms with Gasteiger partial charge in [0.15, 0.2) is 5.78 Å². The van der Waals surface area contributed by atoms with Crippen LogP contribution < -0.4 is 9.47 Å². The molecule has 0 saturated heterocycles. The van der Waals surface area contributed by atoms with Crippen LogP contribution in [0.1, 0.15) is 42.7 Å². The van der Waals surface area contributed by atoms with Gasteiger partial charge in [-0.05, 0) is 66.8 Å². The second kappa shape index (κ2) is 11.6. The Morgan fingerprint density at radius 2 is 1.59 bits per heavy atom. The first-order chi connectivity index (χ1) is 18.9. The third-order valence-electron chi connectivity index (χ3n) is 7.32. The molecule has 5 rings (SSSR count). The number of phenols is 1. The number of esters is 1. The van der Waals surface area contributed by atoms with Crippen LogP contribution in [0.2, 0.25) is 0 Å². The zero-order valence-corrected chi connectivity index (χ0v) is 22.0. The lowest BCUT2D eigenvalue weighted by molar-refractivity contribution is -0.147. The summed E-state index contributed by atoms with van der Waals surface area (Å²) < 4.78 is 16.6. The number of hydrogen-bond acceptors (Lipinski definition) is 7. The molecule has 1 unspecified atom stereocenters. The summed E-state index contributed by atoms with van der Waals surface area (Å²) >= 11 is 0. The summed E-state index contributed by atoms with van der Waals surface area (Å²) in [5.41, 5.74) is 3.67. The lowest BCUT2D eigenvalue weighted by Crippen LogP contribution is -2.38. The van der Waals surface area contributed by atoms with Crippen molar-refractivity contribution >= 4 is 17.5 Å². The minimum Gasteiger partial charge on any atom is -0.508 e. The zero-order valence-electron chi connectivity index (χ0n) is 22.0. The van der Waals surface area contributed by atoms with Crippen molar-refractivity contribution in [3.8, 4) is 17.2 Å². The van der Waals surface area contributed by atoms with Gasteiger partial charge in [0.25, 0.3) is 0 Å². The third kappa shape index (κ3) is 5.72. The first-order valence-corrected chi connectivity index (χ1v) is 13.0. The Labute approximate surface area is 227 Å². The highest BCUT2D eigenvalue weighted by Crippen LogP contribution is 2.47. The number of allylic oxidation sites excluding steroid dienone is 2. The van der Waals surface area contributed by atoms with E-state index in [4.69, 9.17) is 19.2 Å². The molecule has 3 aromatic carbocycles. The Morgan fingerprint density at radius 3 is 2.28 bits per heavy atom. The van der Waals surface area contributed by atoms with Crippen molar-refractivity contribution in [3.05, 3.63) is 101 Å². The maximum absolute atomic E-state index is 13.7. The summed E-state index contributed by atoms with van der Waals surface area (Å²) in [6.07, 6.45) is 0.910. The third-order valence-corrected chi connectivity index (χ3v) is 7.32. The number of aliphatic imine (C=N–C) groups is 1. The smallest absolute Gasteiger partial charge is 0.315 e. The number of hydrogen-bond donors (Lipinski definition) is 1. The predicted octanol–water partition coefficient (Wildman–Crippen LogP) is 5.60. The first kappa shape index (κ1) is 26.2. The molecule has 3 aromatic rings. The summed E-state index contributed by atoms with van der Waals surface area (Å²) in [5.74, 6) is -0.246. The van der Waals surface area contributed by atoms with Crippen molar-refractivity contribution in [2.75, 3.05) is 20.3 Å². The van der Waals surface area contributed by atoms with Crippen LogP contribution in [-0.4, -0.2) is 42.9 Å². The Kier molecular flexibility index (Phi) is 7.77. The van der Waals surface area contributed by atoms with Gasteiger partial charge in [0, 0.05) is 29.3 Å². The number of carbonyl (C=O) groups excluding carboxylic acids is 2. The van der Waals surface area contributed by atoms with Gasteiger partial charge in [-0.15, -0.1) is 0 Å². The second-order valence-corrected chi connectivity index (χ2v) is 9.79. The molecule has 0 saturated carbocycles. The highest BCUT2D eigenvalue weighted by Gasteiger charge is 2.44. The number of nitrogens with zero attached hydrogens (tertiary/aromatic N) is 1. The van der Waals surface area contributed by atoms with Crippen molar-refractivity contribution in [2.45, 2.75) is 31.6 Å². The average Bonchev–Trinajstić information content (AvgIpc) is 2.95. The molecule has 1 N–H and O–H groups in total. The van der Waals surface area contributed by atoms with E-state index >= 15 is 0 Å². The van der Waals surface area contributed by atoms with Crippen molar-refractivity contribution < 1.29 is 28.9 Å². The van der Waals surface area contributed by atoms with E-state index in [2.05, 4.69) is 0 Å². The van der Waals surface area contributed by atoms with Crippen LogP contribution in [0.15, 0.2) is 95.1 Å². The fourth-order valence-corrected chi connectivity index (χ4v) is 5.43. The summed E-state index contributed by atoms with van der Waals surface area (Å²) in [5, 5.41) is 9.88. The van der Waals surface area contributed by atoms with E-state index in [1.165, 1.54) is 0 Å². The highest BCUT2D eigenvalue weighted by molar-refractivity contribution is 6.09. The molecule has 7 nitrogen and oxygen atoms in total. The number of rotatable bonds is 8. The zero-order chi connectivity index (χ0) is 27.4. The summed E-state index contributed by atoms with van der Waals surface area (Å²) in [6, 6.07) is 23.7. The van der Waals surface area contributed by atoms with E-state index in [9.17, 15) is 14.7 Å². The van der Waals surface area contributed by atoms with Crippen LogP contribution in [0, 0.1) is 5.92 Å². The second-order valence-electron chi connectivity index (χ2n) is 9.79. The normalized spacial score (nSPS) is 20.6. The molecular formula is C32H31NO6. The Balaban J connectivity index is 1.40. The fourth-order valence-electron chi connectivity index (χ4n) is 5.43. The molecule has 39 heavy (non-hydrogen) atoms. The number of carbonyl (C=O) groups is 2. The van der Waals surface area contributed by atoms with E-state index in [1.54, 1.807) is 31.4 Å². The molecule has 1 aliphatic carbocycles. The van der Waals surface area contributed by atoms with Crippen LogP contribution >= 0.6 is 0 Å². The van der Waals surface area contributed by atoms with Gasteiger partial charge < -0.3 is 19.3 Å². The molecule has 0 fully saturated rings. The van der Waals surface area contributed by atoms with Crippen molar-refractivity contribution in [3.63, 3.8) is 0 Å². The molecule has 0 spiro atoms. The van der Waals surface area contributed by atoms with Gasteiger partial charge in [0.2, 0.25) is 0 Å². The van der Waals surface area contributed by atoms with Crippen molar-refractivity contribution in [2.24, 2.45) is 10.9 Å². The van der Waals surface area contributed by atoms with Crippen LogP contribution in [0.25, 0.3) is 0 Å². The predicted molar refractivity (Wildman–Crippen MR) is 147 cm³/mol. The van der Waals surface area contributed by atoms with Crippen molar-refractivity contribution in [1.82, 2.24) is 0 Å². The molecule has 1 heterocycles. The first-order valence-electron chi connectivity index (χ1n) is 13.0. The van der Waals surface area contributed by atoms with Gasteiger partial charge in [-0.3, -0.25) is 14.6 Å². The van der Waals surface area contributed by atoms with Crippen LogP contribution in [0.4, 0.5) is 0 Å². The van der Waals surface area contributed by atoms with E-state index in [1.807, 2.05) is 61.5 Å². The van der Waals surface area contributed by atoms with Gasteiger partial charge in [-0.25, -0.2) is 0 Å². The summed E-state index contributed by atoms with van der Waals surface area (Å²) in [6.45, 7) is 2.09. The molecule has 3 atom stereocenters. The number of benzene rings is 3. The Morgan fingerprint density at radius 1 is 0.897 bits per heavy atom. The average molecular weight is 526 g/mol. The standard InChI is InChI=1S/C32H31NO6/c1-20-29(32(36)39-17-16-38-26-6-4-3-5-7-26)30(22-8-12-24(34)13-9-22)31-27(33-20)18-23(19-28(31)35)21-10-14-25(37-2)15-11-21/h3-15,23,29-30,34H,16-19H2,1-2H3/t23-,29?,30-/m1/s1. The number of ether oxygens (including phenoxy) is 3. The number of phenolic OH excluding ortho intramolecular Hbond substituents is 1. The Hall–Kier alpha value is -4.39. The number of ketones is 1. The maximum atomic E-state index is 13.7. The summed E-state index contributed by atoms with van der Waals surface area (Å²) in [7, 11) is 1.62. The number of aromatic hydroxyl groups is 1. The quantitative estimate of drug-likeness (QED) is 0.304. The monoisotopic (exact) mass is 525 g/mol. The van der Waals surface area contributed by atoms with Gasteiger partial charge in [0.05, 0.1) is 7.11 Å². The fraction of sp³-hybridized carbons (Fsp3) is 0.281. The molecule has 7 heteroatoms. The van der Waals surface area contributed by atoms with E-state index in [0.717, 1.165) is 16.9 Å². The van der Waals surface area contributed by atoms with E-state index in [-0.39, 0.29) is 30.7 Å². The van der Waals surface area contributed by atoms with Gasteiger partial charge >= 0.3 is 5.97 Å². The minimum atomic E-state index is -0.758. The van der Waals surface area contributed by atoms with Crippen molar-refractivity contribution in [1.29, 1.82) is 0 Å². The molecule has 0 amide bonds. The Bertz CT molecular complexity index is 1390. The molecule has 0 aromatic heterocycles. The maximum Gasteiger partial charge on any atom is 0.315 e. The molecule has 0 bridgehead atoms. The van der Waals surface area contributed by atoms with Crippen LogP contribution in [0.3, 0.4) is 0 Å². The minimum absolute atomic E-state index is 0.0159. The van der Waals surface area contributed by atoms with Crippen LogP contribution in [0.5, 0.6) is 17.2 Å². The number of para-hydroxylation sites is 1.